The minimum absolute atomic E-state index is 0.164. The average Bonchev–Trinajstić information content (AvgIpc) is 3.04. The number of benzene rings is 2. The monoisotopic (exact) mass is 368 g/mol. The first-order valence-electron chi connectivity index (χ1n) is 7.90. The predicted molar refractivity (Wildman–Crippen MR) is 97.8 cm³/mol. The number of fused-ring (bicyclic) bond motifs is 1. The molecular weight excluding hydrogens is 355 g/mol. The quantitative estimate of drug-likeness (QED) is 0.537. The number of nitrogens with zero attached hydrogens (tertiary/aromatic N) is 4. The summed E-state index contributed by atoms with van der Waals surface area (Å²) in [6, 6.07) is 10.2. The molecule has 0 aliphatic carbocycles. The molecule has 0 radical (unpaired) electrons. The van der Waals surface area contributed by atoms with Crippen LogP contribution in [0.1, 0.15) is 5.56 Å². The number of ether oxygens (including phenoxy) is 1. The molecule has 0 saturated heterocycles. The van der Waals surface area contributed by atoms with Crippen molar-refractivity contribution >= 4 is 22.5 Å². The Labute approximate surface area is 154 Å². The molecule has 0 fully saturated rings. The highest BCUT2D eigenvalue weighted by Gasteiger charge is 2.09. The first-order chi connectivity index (χ1) is 12.6. The molecule has 2 heterocycles. The van der Waals surface area contributed by atoms with Crippen LogP contribution >= 0.6 is 11.6 Å². The van der Waals surface area contributed by atoms with E-state index < -0.39 is 5.82 Å². The van der Waals surface area contributed by atoms with Gasteiger partial charge in [0.05, 0.1) is 25.4 Å². The lowest BCUT2D eigenvalue weighted by Crippen LogP contribution is -2.03. The van der Waals surface area contributed by atoms with Gasteiger partial charge in [-0.3, -0.25) is 4.68 Å². The minimum Gasteiger partial charge on any atom is -0.494 e. The van der Waals surface area contributed by atoms with Crippen molar-refractivity contribution < 1.29 is 9.13 Å². The molecule has 0 spiro atoms. The lowest BCUT2D eigenvalue weighted by Gasteiger charge is -2.07. The van der Waals surface area contributed by atoms with E-state index in [1.165, 1.54) is 13.2 Å². The second-order valence-corrected chi connectivity index (χ2v) is 6.21. The first-order valence-corrected chi connectivity index (χ1v) is 8.28. The van der Waals surface area contributed by atoms with E-state index in [-0.39, 0.29) is 5.75 Å². The van der Waals surface area contributed by atoms with E-state index >= 15 is 0 Å². The zero-order valence-electron chi connectivity index (χ0n) is 13.9. The fraction of sp³-hybridized carbons (Fsp3) is 0.105. The zero-order valence-corrected chi connectivity index (χ0v) is 14.6. The first kappa shape index (κ1) is 16.5. The molecule has 7 heteroatoms. The number of aromatic nitrogens is 4. The van der Waals surface area contributed by atoms with Crippen molar-refractivity contribution in [3.8, 4) is 17.1 Å². The van der Waals surface area contributed by atoms with E-state index in [0.717, 1.165) is 16.5 Å². The average molecular weight is 369 g/mol. The van der Waals surface area contributed by atoms with E-state index in [1.54, 1.807) is 30.7 Å². The summed E-state index contributed by atoms with van der Waals surface area (Å²) in [5, 5.41) is 6.05. The van der Waals surface area contributed by atoms with Crippen molar-refractivity contribution in [2.24, 2.45) is 0 Å². The molecule has 0 aliphatic heterocycles. The molecule has 2 aromatic carbocycles. The van der Waals surface area contributed by atoms with Crippen molar-refractivity contribution in [3.63, 3.8) is 0 Å². The fourth-order valence-corrected chi connectivity index (χ4v) is 2.92. The normalized spacial score (nSPS) is 11.0. The summed E-state index contributed by atoms with van der Waals surface area (Å²) in [7, 11) is 1.42. The van der Waals surface area contributed by atoms with Crippen molar-refractivity contribution in [3.05, 3.63) is 71.4 Å². The minimum atomic E-state index is -0.418. The van der Waals surface area contributed by atoms with E-state index in [9.17, 15) is 4.39 Å². The van der Waals surface area contributed by atoms with E-state index in [1.807, 2.05) is 22.9 Å². The Morgan fingerprint density at radius 3 is 2.65 bits per heavy atom. The standard InChI is InChI=1S/C19H14ClFN4O/c1-26-18-7-13(2-4-16(18)21)19-22-8-12(9-23-19)11-25-17-5-3-15(20)6-14(17)10-24-25/h2-10H,11H2,1H3. The molecule has 4 aromatic rings. The third-order valence-corrected chi connectivity index (χ3v) is 4.29. The van der Waals surface area contributed by atoms with Crippen LogP contribution < -0.4 is 4.74 Å². The number of methoxy groups -OCH3 is 1. The second kappa shape index (κ2) is 6.72. The summed E-state index contributed by atoms with van der Waals surface area (Å²) in [4.78, 5) is 8.75. The van der Waals surface area contributed by atoms with Gasteiger partial charge in [-0.1, -0.05) is 11.6 Å². The highest BCUT2D eigenvalue weighted by atomic mass is 35.5. The maximum absolute atomic E-state index is 13.5. The third-order valence-electron chi connectivity index (χ3n) is 4.05. The molecule has 0 bridgehead atoms. The van der Waals surface area contributed by atoms with Gasteiger partial charge in [0.25, 0.3) is 0 Å². The van der Waals surface area contributed by atoms with Crippen LogP contribution in [0, 0.1) is 5.82 Å². The molecule has 0 aliphatic rings. The Morgan fingerprint density at radius 1 is 1.08 bits per heavy atom. The fourth-order valence-electron chi connectivity index (χ4n) is 2.74. The van der Waals surface area contributed by atoms with E-state index in [0.29, 0.717) is 23.0 Å². The van der Waals surface area contributed by atoms with Gasteiger partial charge in [0, 0.05) is 33.9 Å². The lowest BCUT2D eigenvalue weighted by molar-refractivity contribution is 0.387. The largest absolute Gasteiger partial charge is 0.494 e. The summed E-state index contributed by atoms with van der Waals surface area (Å²) < 4.78 is 20.4. The second-order valence-electron chi connectivity index (χ2n) is 5.77. The highest BCUT2D eigenvalue weighted by Crippen LogP contribution is 2.24. The molecule has 0 N–H and O–H groups in total. The Kier molecular flexibility index (Phi) is 4.26. The Bertz CT molecular complexity index is 1080. The van der Waals surface area contributed by atoms with Crippen LogP contribution in [-0.2, 0) is 6.54 Å². The molecule has 4 rings (SSSR count). The van der Waals surface area contributed by atoms with Crippen LogP contribution in [0.4, 0.5) is 4.39 Å². The summed E-state index contributed by atoms with van der Waals surface area (Å²) >= 11 is 6.01. The van der Waals surface area contributed by atoms with Gasteiger partial charge in [-0.25, -0.2) is 14.4 Å². The zero-order chi connectivity index (χ0) is 18.1. The maximum Gasteiger partial charge on any atom is 0.165 e. The molecule has 0 unspecified atom stereocenters. The van der Waals surface area contributed by atoms with Gasteiger partial charge in [-0.05, 0) is 36.4 Å². The van der Waals surface area contributed by atoms with E-state index in [2.05, 4.69) is 15.1 Å². The Morgan fingerprint density at radius 2 is 1.88 bits per heavy atom. The van der Waals surface area contributed by atoms with Crippen molar-refractivity contribution in [2.75, 3.05) is 7.11 Å². The summed E-state index contributed by atoms with van der Waals surface area (Å²) in [5.41, 5.74) is 2.58. The molecule has 130 valence electrons. The van der Waals surface area contributed by atoms with E-state index in [4.69, 9.17) is 16.3 Å². The molecule has 5 nitrogen and oxygen atoms in total. The number of rotatable bonds is 4. The van der Waals surface area contributed by atoms with Crippen molar-refractivity contribution in [2.45, 2.75) is 6.54 Å². The molecule has 0 amide bonds. The van der Waals surface area contributed by atoms with Gasteiger partial charge < -0.3 is 4.74 Å². The van der Waals surface area contributed by atoms with Crippen LogP contribution in [0.15, 0.2) is 55.0 Å². The highest BCUT2D eigenvalue weighted by molar-refractivity contribution is 6.31. The Hall–Kier alpha value is -2.99. The molecule has 2 aromatic heterocycles. The van der Waals surface area contributed by atoms with Gasteiger partial charge in [0.1, 0.15) is 0 Å². The molecule has 26 heavy (non-hydrogen) atoms. The maximum atomic E-state index is 13.5. The smallest absolute Gasteiger partial charge is 0.165 e. The van der Waals surface area contributed by atoms with Gasteiger partial charge >= 0.3 is 0 Å². The van der Waals surface area contributed by atoms with Crippen molar-refractivity contribution in [1.29, 1.82) is 0 Å². The lowest BCUT2D eigenvalue weighted by atomic mass is 10.2. The Balaban J connectivity index is 1.59. The number of hydrogen-bond acceptors (Lipinski definition) is 4. The van der Waals surface area contributed by atoms with Gasteiger partial charge in [0.15, 0.2) is 17.4 Å². The summed E-state index contributed by atoms with van der Waals surface area (Å²) in [5.74, 6) is 0.250. The van der Waals surface area contributed by atoms with Crippen LogP contribution in [0.3, 0.4) is 0 Å². The van der Waals surface area contributed by atoms with Crippen LogP contribution in [0.5, 0.6) is 5.75 Å². The molecule has 0 saturated carbocycles. The van der Waals surface area contributed by atoms with Crippen molar-refractivity contribution in [1.82, 2.24) is 19.7 Å². The SMILES string of the molecule is COc1cc(-c2ncc(Cn3ncc4cc(Cl)ccc43)cn2)ccc1F. The van der Waals surface area contributed by atoms with Gasteiger partial charge in [-0.15, -0.1) is 0 Å². The van der Waals surface area contributed by atoms with Crippen LogP contribution in [0.25, 0.3) is 22.3 Å². The summed E-state index contributed by atoms with van der Waals surface area (Å²) in [6.45, 7) is 0.540. The van der Waals surface area contributed by atoms with Crippen LogP contribution in [-0.4, -0.2) is 26.9 Å². The number of halogens is 2. The molecular formula is C19H14ClFN4O. The van der Waals surface area contributed by atoms with Crippen LogP contribution in [0.2, 0.25) is 5.02 Å². The van der Waals surface area contributed by atoms with Gasteiger partial charge in [0.2, 0.25) is 0 Å². The topological polar surface area (TPSA) is 52.8 Å². The summed E-state index contributed by atoms with van der Waals surface area (Å²) in [6.07, 6.45) is 5.25. The molecule has 0 atom stereocenters. The predicted octanol–water partition coefficient (Wildman–Crippen LogP) is 4.34. The third kappa shape index (κ3) is 3.11. The number of hydrogen-bond donors (Lipinski definition) is 0. The van der Waals surface area contributed by atoms with Gasteiger partial charge in [-0.2, -0.15) is 5.10 Å².